The summed E-state index contributed by atoms with van der Waals surface area (Å²) in [5.41, 5.74) is 7.80. The number of benzene rings is 3. The van der Waals surface area contributed by atoms with Gasteiger partial charge < -0.3 is 5.73 Å². The second-order valence-corrected chi connectivity index (χ2v) is 16.9. The molecule has 260 valence electrons. The lowest BCUT2D eigenvalue weighted by Crippen LogP contribution is -2.04. The minimum Gasteiger partial charge on any atom is -0.398 e. The van der Waals surface area contributed by atoms with E-state index in [1.807, 2.05) is 0 Å². The smallest absolute Gasteiger partial charge is 0.297 e. The van der Waals surface area contributed by atoms with Gasteiger partial charge in [0.05, 0.1) is 33.5 Å². The number of azo groups is 2. The van der Waals surface area contributed by atoms with Gasteiger partial charge in [-0.1, -0.05) is 0 Å². The van der Waals surface area contributed by atoms with E-state index in [1.54, 1.807) is 32.0 Å². The molecular weight excluding hydrogens is 733 g/mol. The van der Waals surface area contributed by atoms with E-state index in [0.29, 0.717) is 49.8 Å². The van der Waals surface area contributed by atoms with Gasteiger partial charge >= 0.3 is 0 Å². The summed E-state index contributed by atoms with van der Waals surface area (Å²) in [6.45, 7) is 3.41. The summed E-state index contributed by atoms with van der Waals surface area (Å²) < 4.78 is 95.8. The number of aryl methyl sites for hydroxylation is 2. The van der Waals surface area contributed by atoms with Crippen LogP contribution in [0.3, 0.4) is 0 Å². The van der Waals surface area contributed by atoms with Crippen LogP contribution in [-0.2, 0) is 30.4 Å². The molecule has 0 spiro atoms. The number of thioether (sulfide) groups is 2. The first-order valence-electron chi connectivity index (χ1n) is 13.5. The van der Waals surface area contributed by atoms with Crippen molar-refractivity contribution in [3.8, 4) is 0 Å². The third-order valence-corrected chi connectivity index (χ3v) is 11.0. The molecule has 0 amide bonds. The molecule has 3 aromatic rings. The fraction of sp³-hybridized carbons (Fsp3) is 0.308. The van der Waals surface area contributed by atoms with E-state index >= 15 is 0 Å². The first-order valence-corrected chi connectivity index (χ1v) is 20.2. The van der Waals surface area contributed by atoms with E-state index in [9.17, 15) is 39.9 Å². The molecule has 0 aliphatic heterocycles. The molecule has 0 atom stereocenters. The fourth-order valence-electron chi connectivity index (χ4n) is 3.86. The van der Waals surface area contributed by atoms with Gasteiger partial charge in [0, 0.05) is 27.6 Å². The first kappa shape index (κ1) is 38.9. The van der Waals surface area contributed by atoms with Crippen molar-refractivity contribution in [2.45, 2.75) is 41.4 Å². The summed E-state index contributed by atoms with van der Waals surface area (Å²) >= 11 is 2.45. The Morgan fingerprint density at radius 2 is 1.19 bits per heavy atom. The number of non-ortho nitro benzene ring substituents is 1. The number of nitrogens with zero attached hydrogens (tertiary/aromatic N) is 5. The maximum Gasteiger partial charge on any atom is 0.297 e. The Bertz CT molecular complexity index is 2090. The first-order chi connectivity index (χ1) is 22.2. The topological polar surface area (TPSA) is 282 Å². The van der Waals surface area contributed by atoms with Crippen molar-refractivity contribution in [1.29, 1.82) is 0 Å². The fourth-order valence-corrected chi connectivity index (χ4v) is 7.77. The lowest BCUT2D eigenvalue weighted by atomic mass is 10.2. The highest BCUT2D eigenvalue weighted by atomic mass is 32.2. The van der Waals surface area contributed by atoms with Crippen molar-refractivity contribution in [2.24, 2.45) is 20.5 Å². The van der Waals surface area contributed by atoms with E-state index in [1.165, 1.54) is 29.6 Å². The molecule has 3 aromatic carbocycles. The lowest BCUT2D eigenvalue weighted by molar-refractivity contribution is -0.385. The van der Waals surface area contributed by atoms with Gasteiger partial charge in [-0.25, -0.2) is 0 Å². The molecule has 0 heterocycles. The summed E-state index contributed by atoms with van der Waals surface area (Å²) in [5.74, 6) is -0.298. The molecule has 3 rings (SSSR count). The summed E-state index contributed by atoms with van der Waals surface area (Å²) in [5, 5.41) is 27.8. The SMILES string of the molecule is Cc1cc(N)c(SCCCS(=O)(=O)O)cc1N=Nc1cc(C)c(N=Nc2ccc([N+](=O)[O-])cc2S(=O)(=O)O)cc1SCCCS(=O)(=O)O. The van der Waals surface area contributed by atoms with Crippen LogP contribution in [0.25, 0.3) is 0 Å². The van der Waals surface area contributed by atoms with E-state index < -0.39 is 57.4 Å². The van der Waals surface area contributed by atoms with E-state index in [4.69, 9.17) is 14.8 Å². The molecule has 0 bridgehead atoms. The minimum atomic E-state index is -4.90. The van der Waals surface area contributed by atoms with Gasteiger partial charge in [-0.3, -0.25) is 23.8 Å². The lowest BCUT2D eigenvalue weighted by Gasteiger charge is -2.10. The van der Waals surface area contributed by atoms with E-state index in [-0.39, 0.29) is 30.0 Å². The third-order valence-electron chi connectivity index (χ3n) is 6.18. The third kappa shape index (κ3) is 12.2. The molecule has 0 unspecified atom stereocenters. The Kier molecular flexibility index (Phi) is 13.2. The van der Waals surface area contributed by atoms with Crippen LogP contribution in [0.15, 0.2) is 77.6 Å². The zero-order chi connectivity index (χ0) is 35.9. The normalized spacial score (nSPS) is 12.7. The Morgan fingerprint density at radius 1 is 0.708 bits per heavy atom. The zero-order valence-electron chi connectivity index (χ0n) is 25.2. The Hall–Kier alpha value is -3.51. The van der Waals surface area contributed by atoms with Crippen molar-refractivity contribution in [2.75, 3.05) is 28.7 Å². The van der Waals surface area contributed by atoms with Gasteiger partial charge in [-0.05, 0) is 79.7 Å². The van der Waals surface area contributed by atoms with Crippen LogP contribution in [0.1, 0.15) is 24.0 Å². The molecule has 5 N–H and O–H groups in total. The van der Waals surface area contributed by atoms with Crippen LogP contribution in [0.2, 0.25) is 0 Å². The number of nitrogens with two attached hydrogens (primary N) is 1. The number of anilines is 1. The molecule has 0 saturated heterocycles. The van der Waals surface area contributed by atoms with Crippen molar-refractivity contribution in [3.63, 3.8) is 0 Å². The van der Waals surface area contributed by atoms with Crippen LogP contribution in [-0.4, -0.2) is 66.8 Å². The maximum absolute atomic E-state index is 11.9. The molecule has 17 nitrogen and oxygen atoms in total. The molecule has 0 saturated carbocycles. The van der Waals surface area contributed by atoms with Crippen molar-refractivity contribution < 1.29 is 43.8 Å². The predicted molar refractivity (Wildman–Crippen MR) is 182 cm³/mol. The molecule has 22 heteroatoms. The Labute approximate surface area is 284 Å². The summed E-state index contributed by atoms with van der Waals surface area (Å²) in [7, 11) is -13.2. The molecule has 0 aliphatic rings. The average Bonchev–Trinajstić information content (AvgIpc) is 2.96. The number of rotatable bonds is 16. The largest absolute Gasteiger partial charge is 0.398 e. The quantitative estimate of drug-likeness (QED) is 0.0227. The van der Waals surface area contributed by atoms with E-state index in [0.717, 1.165) is 12.1 Å². The van der Waals surface area contributed by atoms with Crippen LogP contribution in [0.5, 0.6) is 0 Å². The number of nitro groups is 1. The highest BCUT2D eigenvalue weighted by Gasteiger charge is 2.21. The second-order valence-electron chi connectivity index (χ2n) is 10.0. The summed E-state index contributed by atoms with van der Waals surface area (Å²) in [6, 6.07) is 9.16. The zero-order valence-corrected chi connectivity index (χ0v) is 29.3. The highest BCUT2D eigenvalue weighted by molar-refractivity contribution is 7.99. The van der Waals surface area contributed by atoms with E-state index in [2.05, 4.69) is 20.5 Å². The average molecular weight is 763 g/mol. The van der Waals surface area contributed by atoms with Crippen molar-refractivity contribution in [1.82, 2.24) is 0 Å². The number of hydrogen-bond donors (Lipinski definition) is 4. The van der Waals surface area contributed by atoms with Gasteiger partial charge in [-0.2, -0.15) is 35.5 Å². The van der Waals surface area contributed by atoms with Crippen molar-refractivity contribution in [3.05, 3.63) is 63.7 Å². The monoisotopic (exact) mass is 762 g/mol. The predicted octanol–water partition coefficient (Wildman–Crippen LogP) is 6.61. The van der Waals surface area contributed by atoms with Gasteiger partial charge in [0.2, 0.25) is 0 Å². The number of hydrogen-bond acceptors (Lipinski definition) is 15. The Morgan fingerprint density at radius 3 is 1.71 bits per heavy atom. The maximum atomic E-state index is 11.9. The molecule has 0 fully saturated rings. The molecule has 0 radical (unpaired) electrons. The van der Waals surface area contributed by atoms with Crippen LogP contribution < -0.4 is 5.73 Å². The molecule has 0 aromatic heterocycles. The van der Waals surface area contributed by atoms with Crippen LogP contribution in [0.4, 0.5) is 34.1 Å². The van der Waals surface area contributed by atoms with Crippen molar-refractivity contribution >= 4 is 88.0 Å². The summed E-state index contributed by atoms with van der Waals surface area (Å²) in [4.78, 5) is 10.5. The number of nitro benzene ring substituents is 1. The van der Waals surface area contributed by atoms with Gasteiger partial charge in [-0.15, -0.1) is 33.8 Å². The Balaban J connectivity index is 1.99. The molecule has 0 aliphatic carbocycles. The highest BCUT2D eigenvalue weighted by Crippen LogP contribution is 2.39. The second kappa shape index (κ2) is 16.3. The number of nitrogen functional groups attached to an aromatic ring is 1. The van der Waals surface area contributed by atoms with Gasteiger partial charge in [0.15, 0.2) is 0 Å². The summed E-state index contributed by atoms with van der Waals surface area (Å²) in [6.07, 6.45) is 0.274. The molecular formula is C26H30N6O11S5. The van der Waals surface area contributed by atoms with Crippen LogP contribution >= 0.6 is 23.5 Å². The molecule has 48 heavy (non-hydrogen) atoms. The standard InChI is InChI=1S/C26H30N6O11S5/c1-16-11-19(27)24(44-7-3-9-46(35,36)37)14-21(16)30-31-23-12-17(2)22(15-25(23)45-8-4-10-47(38,39)40)29-28-20-6-5-18(32(33)34)13-26(20)48(41,42)43/h5-6,11-15H,3-4,7-10,27H2,1-2H3,(H,35,36,37)(H,38,39,40)(H,41,42,43). The van der Waals surface area contributed by atoms with Gasteiger partial charge in [0.25, 0.3) is 36.0 Å². The van der Waals surface area contributed by atoms with Crippen LogP contribution in [0, 0.1) is 24.0 Å². The van der Waals surface area contributed by atoms with Gasteiger partial charge in [0.1, 0.15) is 10.6 Å². The minimum absolute atomic E-state index is 0.0839.